The third-order valence-electron chi connectivity index (χ3n) is 3.91. The Morgan fingerprint density at radius 3 is 2.67 bits per heavy atom. The van der Waals surface area contributed by atoms with Crippen LogP contribution in [0.2, 0.25) is 0 Å². The second-order valence-electron chi connectivity index (χ2n) is 5.39. The maximum absolute atomic E-state index is 5.86. The van der Waals surface area contributed by atoms with Crippen LogP contribution < -0.4 is 20.5 Å². The predicted octanol–water partition coefficient (Wildman–Crippen LogP) is 1.95. The van der Waals surface area contributed by atoms with E-state index in [2.05, 4.69) is 10.3 Å². The summed E-state index contributed by atoms with van der Waals surface area (Å²) in [7, 11) is 3.28. The highest BCUT2D eigenvalue weighted by molar-refractivity contribution is 5.77. The predicted molar refractivity (Wildman–Crippen MR) is 85.1 cm³/mol. The van der Waals surface area contributed by atoms with Gasteiger partial charge in [-0.15, -0.1) is 0 Å². The van der Waals surface area contributed by atoms with Crippen molar-refractivity contribution in [3.05, 3.63) is 23.8 Å². The van der Waals surface area contributed by atoms with Gasteiger partial charge in [-0.1, -0.05) is 12.5 Å². The van der Waals surface area contributed by atoms with Crippen LogP contribution in [0.3, 0.4) is 0 Å². The fourth-order valence-electron chi connectivity index (χ4n) is 2.33. The molecule has 1 aromatic rings. The summed E-state index contributed by atoms with van der Waals surface area (Å²) in [4.78, 5) is 4.38. The Hall–Kier alpha value is -1.91. The van der Waals surface area contributed by atoms with Gasteiger partial charge in [-0.25, -0.2) is 0 Å². The molecule has 5 heteroatoms. The lowest BCUT2D eigenvalue weighted by molar-refractivity contribution is 0.326. The SMILES string of the molecule is COc1ccc(CCNC(N)=NCC2CCC2)cc1OC. The van der Waals surface area contributed by atoms with Crippen LogP contribution in [-0.2, 0) is 6.42 Å². The maximum Gasteiger partial charge on any atom is 0.188 e. The highest BCUT2D eigenvalue weighted by atomic mass is 16.5. The molecule has 2 rings (SSSR count). The van der Waals surface area contributed by atoms with Crippen molar-refractivity contribution in [2.24, 2.45) is 16.6 Å². The minimum atomic E-state index is 0.544. The highest BCUT2D eigenvalue weighted by Crippen LogP contribution is 2.27. The molecule has 5 nitrogen and oxygen atoms in total. The number of hydrogen-bond donors (Lipinski definition) is 2. The van der Waals surface area contributed by atoms with Crippen molar-refractivity contribution in [3.8, 4) is 11.5 Å². The topological polar surface area (TPSA) is 68.9 Å². The number of benzene rings is 1. The Kier molecular flexibility index (Phi) is 5.72. The first-order valence-corrected chi connectivity index (χ1v) is 7.47. The summed E-state index contributed by atoms with van der Waals surface area (Å²) in [6.07, 6.45) is 4.79. The second kappa shape index (κ2) is 7.76. The summed E-state index contributed by atoms with van der Waals surface area (Å²) < 4.78 is 10.5. The molecule has 21 heavy (non-hydrogen) atoms. The number of ether oxygens (including phenoxy) is 2. The van der Waals surface area contributed by atoms with Crippen molar-refractivity contribution in [2.45, 2.75) is 25.7 Å². The van der Waals surface area contributed by atoms with Crippen LogP contribution >= 0.6 is 0 Å². The van der Waals surface area contributed by atoms with Crippen LogP contribution in [0, 0.1) is 5.92 Å². The van der Waals surface area contributed by atoms with Crippen LogP contribution in [-0.4, -0.2) is 33.3 Å². The van der Waals surface area contributed by atoms with Crippen molar-refractivity contribution in [1.82, 2.24) is 5.32 Å². The molecule has 116 valence electrons. The number of methoxy groups -OCH3 is 2. The van der Waals surface area contributed by atoms with E-state index >= 15 is 0 Å². The van der Waals surface area contributed by atoms with Crippen molar-refractivity contribution in [1.29, 1.82) is 0 Å². The number of aliphatic imine (C=N–C) groups is 1. The molecule has 0 amide bonds. The van der Waals surface area contributed by atoms with Crippen molar-refractivity contribution >= 4 is 5.96 Å². The lowest BCUT2D eigenvalue weighted by atomic mass is 9.86. The normalized spacial score (nSPS) is 15.4. The van der Waals surface area contributed by atoms with E-state index in [4.69, 9.17) is 15.2 Å². The third kappa shape index (κ3) is 4.55. The van der Waals surface area contributed by atoms with Crippen LogP contribution in [0.1, 0.15) is 24.8 Å². The molecule has 0 aromatic heterocycles. The molecule has 0 bridgehead atoms. The van der Waals surface area contributed by atoms with Crippen LogP contribution in [0.25, 0.3) is 0 Å². The Balaban J connectivity index is 1.77. The van der Waals surface area contributed by atoms with E-state index in [1.54, 1.807) is 14.2 Å². The summed E-state index contributed by atoms with van der Waals surface area (Å²) >= 11 is 0. The molecule has 0 atom stereocenters. The minimum absolute atomic E-state index is 0.544. The van der Waals surface area contributed by atoms with E-state index in [1.807, 2.05) is 18.2 Å². The fraction of sp³-hybridized carbons (Fsp3) is 0.562. The molecule has 1 aliphatic carbocycles. The van der Waals surface area contributed by atoms with Gasteiger partial charge in [0.25, 0.3) is 0 Å². The van der Waals surface area contributed by atoms with Crippen molar-refractivity contribution < 1.29 is 9.47 Å². The Bertz CT molecular complexity index is 484. The van der Waals surface area contributed by atoms with Crippen molar-refractivity contribution in [3.63, 3.8) is 0 Å². The first kappa shape index (κ1) is 15.5. The van der Waals surface area contributed by atoms with Gasteiger partial charge in [0.2, 0.25) is 0 Å². The smallest absolute Gasteiger partial charge is 0.188 e. The summed E-state index contributed by atoms with van der Waals surface area (Å²) in [6.45, 7) is 1.62. The summed E-state index contributed by atoms with van der Waals surface area (Å²) in [5.74, 6) is 2.79. The van der Waals surface area contributed by atoms with Gasteiger partial charge in [0.1, 0.15) is 0 Å². The van der Waals surface area contributed by atoms with E-state index in [1.165, 1.54) is 24.8 Å². The Morgan fingerprint density at radius 2 is 2.05 bits per heavy atom. The quantitative estimate of drug-likeness (QED) is 0.595. The van der Waals surface area contributed by atoms with E-state index in [9.17, 15) is 0 Å². The molecule has 1 saturated carbocycles. The number of nitrogens with two attached hydrogens (primary N) is 1. The zero-order valence-electron chi connectivity index (χ0n) is 12.9. The first-order chi connectivity index (χ1) is 10.2. The average Bonchev–Trinajstić information content (AvgIpc) is 2.45. The second-order valence-corrected chi connectivity index (χ2v) is 5.39. The van der Waals surface area contributed by atoms with Crippen LogP contribution in [0.15, 0.2) is 23.2 Å². The summed E-state index contributed by atoms with van der Waals surface area (Å²) in [6, 6.07) is 5.94. The average molecular weight is 291 g/mol. The standard InChI is InChI=1S/C16H25N3O2/c1-20-14-7-6-12(10-15(14)21-2)8-9-18-16(17)19-11-13-4-3-5-13/h6-7,10,13H,3-5,8-9,11H2,1-2H3,(H3,17,18,19). The zero-order chi connectivity index (χ0) is 15.1. The largest absolute Gasteiger partial charge is 0.493 e. The lowest BCUT2D eigenvalue weighted by Gasteiger charge is -2.23. The number of rotatable bonds is 7. The Labute approximate surface area is 126 Å². The van der Waals surface area contributed by atoms with Gasteiger partial charge in [-0.3, -0.25) is 4.99 Å². The van der Waals surface area contributed by atoms with Gasteiger partial charge in [0.15, 0.2) is 17.5 Å². The molecule has 0 aliphatic heterocycles. The van der Waals surface area contributed by atoms with Crippen LogP contribution in [0.5, 0.6) is 11.5 Å². The monoisotopic (exact) mass is 291 g/mol. The molecular weight excluding hydrogens is 266 g/mol. The molecule has 0 unspecified atom stereocenters. The molecule has 0 spiro atoms. The van der Waals surface area contributed by atoms with E-state index in [-0.39, 0.29) is 0 Å². The van der Waals surface area contributed by atoms with Crippen LogP contribution in [0.4, 0.5) is 0 Å². The van der Waals surface area contributed by atoms with E-state index < -0.39 is 0 Å². The van der Waals surface area contributed by atoms with Gasteiger partial charge < -0.3 is 20.5 Å². The van der Waals surface area contributed by atoms with E-state index in [0.717, 1.165) is 36.9 Å². The Morgan fingerprint density at radius 1 is 1.29 bits per heavy atom. The molecule has 1 fully saturated rings. The van der Waals surface area contributed by atoms with Gasteiger partial charge >= 0.3 is 0 Å². The van der Waals surface area contributed by atoms with Gasteiger partial charge in [-0.2, -0.15) is 0 Å². The first-order valence-electron chi connectivity index (χ1n) is 7.47. The number of nitrogens with one attached hydrogen (secondary N) is 1. The van der Waals surface area contributed by atoms with Gasteiger partial charge in [0.05, 0.1) is 14.2 Å². The fourth-order valence-corrected chi connectivity index (χ4v) is 2.33. The molecule has 3 N–H and O–H groups in total. The summed E-state index contributed by atoms with van der Waals surface area (Å²) in [5.41, 5.74) is 7.03. The number of nitrogens with zero attached hydrogens (tertiary/aromatic N) is 1. The maximum atomic E-state index is 5.86. The van der Waals surface area contributed by atoms with E-state index in [0.29, 0.717) is 5.96 Å². The molecular formula is C16H25N3O2. The number of guanidine groups is 1. The lowest BCUT2D eigenvalue weighted by Crippen LogP contribution is -2.34. The molecule has 1 aromatic carbocycles. The highest BCUT2D eigenvalue weighted by Gasteiger charge is 2.16. The molecule has 1 aliphatic rings. The minimum Gasteiger partial charge on any atom is -0.493 e. The van der Waals surface area contributed by atoms with Crippen molar-refractivity contribution in [2.75, 3.05) is 27.3 Å². The zero-order valence-corrected chi connectivity index (χ0v) is 12.9. The molecule has 0 heterocycles. The third-order valence-corrected chi connectivity index (χ3v) is 3.91. The molecule has 0 saturated heterocycles. The summed E-state index contributed by atoms with van der Waals surface area (Å²) in [5, 5.41) is 3.16. The molecule has 0 radical (unpaired) electrons. The number of hydrogen-bond acceptors (Lipinski definition) is 3. The van der Waals surface area contributed by atoms with Gasteiger partial charge in [0, 0.05) is 13.1 Å². The van der Waals surface area contributed by atoms with Gasteiger partial charge in [-0.05, 0) is 42.9 Å².